The van der Waals surface area contributed by atoms with E-state index in [4.69, 9.17) is 28.2 Å². The van der Waals surface area contributed by atoms with Crippen LogP contribution >= 0.6 is 46.3 Å². The number of hydrogen-bond donors (Lipinski definition) is 0. The lowest BCUT2D eigenvalue weighted by atomic mass is 10.1. The highest BCUT2D eigenvalue weighted by Crippen LogP contribution is 2.41. The van der Waals surface area contributed by atoms with Crippen LogP contribution in [-0.4, -0.2) is 19.7 Å². The molecule has 0 radical (unpaired) electrons. The molecule has 0 saturated carbocycles. The Morgan fingerprint density at radius 1 is 0.938 bits per heavy atom. The van der Waals surface area contributed by atoms with E-state index in [2.05, 4.69) is 0 Å². The number of thiazole rings is 1. The third kappa shape index (κ3) is 5.53. The van der Waals surface area contributed by atoms with Gasteiger partial charge in [-0.1, -0.05) is 47.1 Å². The van der Waals surface area contributed by atoms with Crippen molar-refractivity contribution >= 4 is 56.1 Å². The monoisotopic (exact) mass is 523 g/mol. The Kier molecular flexibility index (Phi) is 6.93. The zero-order valence-corrected chi connectivity index (χ0v) is 20.6. The van der Waals surface area contributed by atoms with Crippen LogP contribution in [0.15, 0.2) is 76.0 Å². The van der Waals surface area contributed by atoms with E-state index >= 15 is 0 Å². The third-order valence-corrected chi connectivity index (χ3v) is 8.44. The summed E-state index contributed by atoms with van der Waals surface area (Å²) in [6.45, 7) is 0. The van der Waals surface area contributed by atoms with Crippen molar-refractivity contribution in [3.8, 4) is 21.7 Å². The van der Waals surface area contributed by atoms with Crippen LogP contribution in [0.4, 0.5) is 4.39 Å². The summed E-state index contributed by atoms with van der Waals surface area (Å²) in [4.78, 5) is 5.92. The number of hydrogen-bond acceptors (Lipinski definition) is 5. The quantitative estimate of drug-likeness (QED) is 0.244. The summed E-state index contributed by atoms with van der Waals surface area (Å²) >= 11 is 15.2. The first-order valence-electron chi connectivity index (χ1n) is 9.34. The van der Waals surface area contributed by atoms with Gasteiger partial charge in [-0.15, -0.1) is 11.3 Å². The van der Waals surface area contributed by atoms with Crippen molar-refractivity contribution in [1.29, 1.82) is 0 Å². The highest BCUT2D eigenvalue weighted by Gasteiger charge is 2.17. The summed E-state index contributed by atoms with van der Waals surface area (Å²) in [6.07, 6.45) is 1.18. The van der Waals surface area contributed by atoms with Gasteiger partial charge in [-0.25, -0.2) is 17.8 Å². The van der Waals surface area contributed by atoms with Gasteiger partial charge in [0.15, 0.2) is 14.2 Å². The molecule has 0 fully saturated rings. The third-order valence-electron chi connectivity index (χ3n) is 4.55. The lowest BCUT2D eigenvalue weighted by Crippen LogP contribution is -1.96. The Balaban J connectivity index is 1.70. The van der Waals surface area contributed by atoms with E-state index in [1.165, 1.54) is 29.7 Å². The van der Waals surface area contributed by atoms with Gasteiger partial charge in [0.05, 0.1) is 15.5 Å². The Hall–Kier alpha value is -1.90. The fourth-order valence-electron chi connectivity index (χ4n) is 3.05. The average molecular weight is 524 g/mol. The highest BCUT2D eigenvalue weighted by atomic mass is 35.5. The molecule has 3 aromatic carbocycles. The zero-order chi connectivity index (χ0) is 22.9. The number of halogens is 3. The van der Waals surface area contributed by atoms with Gasteiger partial charge in [0, 0.05) is 27.6 Å². The Morgan fingerprint density at radius 3 is 2.12 bits per heavy atom. The van der Waals surface area contributed by atoms with E-state index in [0.29, 0.717) is 21.5 Å². The molecule has 0 N–H and O–H groups in total. The summed E-state index contributed by atoms with van der Waals surface area (Å²) in [7, 11) is -3.29. The second-order valence-corrected chi connectivity index (χ2v) is 12.1. The summed E-state index contributed by atoms with van der Waals surface area (Å²) in [5.74, 6) is 0.304. The highest BCUT2D eigenvalue weighted by molar-refractivity contribution is 8.00. The maximum atomic E-state index is 13.5. The minimum Gasteiger partial charge on any atom is -0.229 e. The maximum absolute atomic E-state index is 13.5. The molecule has 0 aliphatic heterocycles. The summed E-state index contributed by atoms with van der Waals surface area (Å²) in [6, 6.07) is 18.3. The van der Waals surface area contributed by atoms with E-state index in [0.717, 1.165) is 25.9 Å². The van der Waals surface area contributed by atoms with E-state index in [9.17, 15) is 12.8 Å². The lowest BCUT2D eigenvalue weighted by Gasteiger charge is -2.04. The van der Waals surface area contributed by atoms with Gasteiger partial charge < -0.3 is 0 Å². The van der Waals surface area contributed by atoms with Gasteiger partial charge in [0.25, 0.3) is 0 Å². The molecule has 0 spiro atoms. The molecule has 0 atom stereocenters. The van der Waals surface area contributed by atoms with Crippen LogP contribution in [0, 0.1) is 5.82 Å². The van der Waals surface area contributed by atoms with Gasteiger partial charge in [-0.2, -0.15) is 0 Å². The Bertz CT molecular complexity index is 1350. The maximum Gasteiger partial charge on any atom is 0.175 e. The van der Waals surface area contributed by atoms with E-state index in [1.54, 1.807) is 54.2 Å². The average Bonchev–Trinajstić information content (AvgIpc) is 3.16. The minimum absolute atomic E-state index is 0.251. The van der Waals surface area contributed by atoms with Crippen molar-refractivity contribution in [2.24, 2.45) is 0 Å². The molecule has 1 heterocycles. The molecule has 3 nitrogen and oxygen atoms in total. The SMILES string of the molecule is CS(=O)(=O)c1ccc(-c2sc(SCc3cc(Cl)cc(Cl)c3)nc2-c2ccc(F)cc2)cc1. The number of thioether (sulfide) groups is 1. The smallest absolute Gasteiger partial charge is 0.175 e. The number of nitrogens with zero attached hydrogens (tertiary/aromatic N) is 1. The van der Waals surface area contributed by atoms with Gasteiger partial charge in [-0.3, -0.25) is 0 Å². The van der Waals surface area contributed by atoms with Crippen LogP contribution < -0.4 is 0 Å². The van der Waals surface area contributed by atoms with Crippen molar-refractivity contribution in [3.63, 3.8) is 0 Å². The molecule has 9 heteroatoms. The topological polar surface area (TPSA) is 47.0 Å². The Morgan fingerprint density at radius 2 is 1.53 bits per heavy atom. The summed E-state index contributed by atoms with van der Waals surface area (Å²) in [5.41, 5.74) is 3.31. The zero-order valence-electron chi connectivity index (χ0n) is 16.7. The summed E-state index contributed by atoms with van der Waals surface area (Å²) < 4.78 is 37.9. The molecule has 4 rings (SSSR count). The fraction of sp³-hybridized carbons (Fsp3) is 0.0870. The van der Waals surface area contributed by atoms with Crippen LogP contribution in [0.1, 0.15) is 5.56 Å². The van der Waals surface area contributed by atoms with Crippen LogP contribution in [0.3, 0.4) is 0 Å². The van der Waals surface area contributed by atoms with Crippen LogP contribution in [0.5, 0.6) is 0 Å². The standard InChI is InChI=1S/C23H16Cl2FNO2S3/c1-32(28,29)20-8-4-16(5-9-20)22-21(15-2-6-19(26)7-3-15)27-23(31-22)30-13-14-10-17(24)12-18(25)11-14/h2-12H,13H2,1H3. The molecule has 32 heavy (non-hydrogen) atoms. The van der Waals surface area contributed by atoms with Gasteiger partial charge in [-0.05, 0) is 65.7 Å². The van der Waals surface area contributed by atoms with E-state index in [1.807, 2.05) is 12.1 Å². The predicted molar refractivity (Wildman–Crippen MR) is 132 cm³/mol. The van der Waals surface area contributed by atoms with Crippen molar-refractivity contribution in [1.82, 2.24) is 4.98 Å². The van der Waals surface area contributed by atoms with Crippen LogP contribution in [0.2, 0.25) is 10.0 Å². The van der Waals surface area contributed by atoms with Crippen LogP contribution in [-0.2, 0) is 15.6 Å². The molecule has 164 valence electrons. The fourth-order valence-corrected chi connectivity index (χ4v) is 6.36. The normalized spacial score (nSPS) is 11.6. The summed E-state index contributed by atoms with van der Waals surface area (Å²) in [5, 5.41) is 1.15. The first-order valence-corrected chi connectivity index (χ1v) is 13.8. The first-order chi connectivity index (χ1) is 15.2. The molecule has 1 aromatic heterocycles. The van der Waals surface area contributed by atoms with Gasteiger partial charge in [0.1, 0.15) is 5.82 Å². The number of benzene rings is 3. The van der Waals surface area contributed by atoms with E-state index < -0.39 is 9.84 Å². The number of sulfone groups is 1. The molecular formula is C23H16Cl2FNO2S3. The molecule has 0 amide bonds. The van der Waals surface area contributed by atoms with Crippen molar-refractivity contribution in [2.45, 2.75) is 15.0 Å². The molecule has 4 aromatic rings. The van der Waals surface area contributed by atoms with Crippen LogP contribution in [0.25, 0.3) is 21.7 Å². The van der Waals surface area contributed by atoms with Crippen molar-refractivity contribution in [2.75, 3.05) is 6.26 Å². The lowest BCUT2D eigenvalue weighted by molar-refractivity contribution is 0.602. The Labute approximate surface area is 204 Å². The number of rotatable bonds is 6. The molecule has 0 saturated heterocycles. The van der Waals surface area contributed by atoms with Crippen molar-refractivity contribution in [3.05, 3.63) is 88.2 Å². The largest absolute Gasteiger partial charge is 0.229 e. The minimum atomic E-state index is -3.29. The van der Waals surface area contributed by atoms with Gasteiger partial charge >= 0.3 is 0 Å². The van der Waals surface area contributed by atoms with Gasteiger partial charge in [0.2, 0.25) is 0 Å². The molecule has 0 bridgehead atoms. The first kappa shape index (κ1) is 23.3. The molecule has 0 aliphatic carbocycles. The van der Waals surface area contributed by atoms with E-state index in [-0.39, 0.29) is 10.7 Å². The number of aromatic nitrogens is 1. The molecule has 0 aliphatic rings. The predicted octanol–water partition coefficient (Wildman–Crippen LogP) is 7.62. The molecule has 0 unspecified atom stereocenters. The van der Waals surface area contributed by atoms with Crippen molar-refractivity contribution < 1.29 is 12.8 Å². The second-order valence-electron chi connectivity index (χ2n) is 7.03. The second kappa shape index (κ2) is 9.53. The molecular weight excluding hydrogens is 508 g/mol.